The van der Waals surface area contributed by atoms with E-state index in [2.05, 4.69) is 44.7 Å². The first kappa shape index (κ1) is 17.4. The highest BCUT2D eigenvalue weighted by Gasteiger charge is 1.92. The molecule has 0 saturated carbocycles. The molecule has 0 aliphatic rings. The van der Waals surface area contributed by atoms with Crippen LogP contribution in [0.15, 0.2) is 36.4 Å². The standard InChI is InChI=1S/C12H16.2C2H6/c1-4-11-5-7-12(8-6-11)9-10(2)3;2*1-2/h5-8H,2,4,9H2,1,3H3;2*1-2H3. The minimum Gasteiger partial charge on any atom is -0.0998 e. The predicted molar refractivity (Wildman–Crippen MR) is 77.0 cm³/mol. The third-order valence-corrected chi connectivity index (χ3v) is 1.94. The molecule has 92 valence electrons. The summed E-state index contributed by atoms with van der Waals surface area (Å²) in [5.41, 5.74) is 3.99. The van der Waals surface area contributed by atoms with Crippen molar-refractivity contribution in [2.75, 3.05) is 0 Å². The molecular formula is C16H28. The number of aryl methyl sites for hydroxylation is 1. The lowest BCUT2D eigenvalue weighted by Crippen LogP contribution is -1.86. The molecule has 0 nitrogen and oxygen atoms in total. The molecule has 0 saturated heterocycles. The summed E-state index contributed by atoms with van der Waals surface area (Å²) in [6.07, 6.45) is 2.12. The van der Waals surface area contributed by atoms with Crippen molar-refractivity contribution in [2.24, 2.45) is 0 Å². The van der Waals surface area contributed by atoms with Gasteiger partial charge in [-0.3, -0.25) is 0 Å². The fraction of sp³-hybridized carbons (Fsp3) is 0.500. The lowest BCUT2D eigenvalue weighted by molar-refractivity contribution is 1.11. The summed E-state index contributed by atoms with van der Waals surface area (Å²) in [6.45, 7) is 16.1. The van der Waals surface area contributed by atoms with Crippen molar-refractivity contribution in [2.45, 2.75) is 54.4 Å². The molecule has 0 amide bonds. The minimum atomic E-state index is 1.00. The van der Waals surface area contributed by atoms with Crippen molar-refractivity contribution in [3.8, 4) is 0 Å². The van der Waals surface area contributed by atoms with Crippen molar-refractivity contribution in [3.63, 3.8) is 0 Å². The molecule has 1 aromatic carbocycles. The Morgan fingerprint density at radius 2 is 1.31 bits per heavy atom. The molecule has 0 heteroatoms. The summed E-state index contributed by atoms with van der Waals surface area (Å²) in [6, 6.07) is 8.76. The summed E-state index contributed by atoms with van der Waals surface area (Å²) in [7, 11) is 0. The fourth-order valence-electron chi connectivity index (χ4n) is 1.24. The van der Waals surface area contributed by atoms with Crippen LogP contribution >= 0.6 is 0 Å². The van der Waals surface area contributed by atoms with E-state index in [-0.39, 0.29) is 0 Å². The number of rotatable bonds is 3. The molecule has 16 heavy (non-hydrogen) atoms. The van der Waals surface area contributed by atoms with Gasteiger partial charge in [-0.2, -0.15) is 0 Å². The van der Waals surface area contributed by atoms with E-state index in [4.69, 9.17) is 0 Å². The normalized spacial score (nSPS) is 8.12. The van der Waals surface area contributed by atoms with E-state index < -0.39 is 0 Å². The third-order valence-electron chi connectivity index (χ3n) is 1.94. The quantitative estimate of drug-likeness (QED) is 0.597. The Morgan fingerprint density at radius 3 is 1.62 bits per heavy atom. The second-order valence-corrected chi connectivity index (χ2v) is 3.30. The Balaban J connectivity index is 0. The first-order valence-corrected chi connectivity index (χ1v) is 6.44. The highest BCUT2D eigenvalue weighted by Crippen LogP contribution is 2.08. The number of hydrogen-bond donors (Lipinski definition) is 0. The zero-order valence-electron chi connectivity index (χ0n) is 11.9. The largest absolute Gasteiger partial charge is 0.0998 e. The van der Waals surface area contributed by atoms with Crippen LogP contribution in [-0.4, -0.2) is 0 Å². The number of benzene rings is 1. The molecule has 0 aromatic heterocycles. The van der Waals surface area contributed by atoms with E-state index in [9.17, 15) is 0 Å². The van der Waals surface area contributed by atoms with Crippen molar-refractivity contribution in [1.29, 1.82) is 0 Å². The second kappa shape index (κ2) is 12.0. The van der Waals surface area contributed by atoms with Crippen LogP contribution in [0.1, 0.15) is 52.7 Å². The molecule has 0 unspecified atom stereocenters. The van der Waals surface area contributed by atoms with Gasteiger partial charge in [-0.15, -0.1) is 0 Å². The molecule has 0 spiro atoms. The Bertz CT molecular complexity index is 254. The van der Waals surface area contributed by atoms with E-state index in [0.717, 1.165) is 12.8 Å². The first-order chi connectivity index (χ1) is 7.72. The van der Waals surface area contributed by atoms with Gasteiger partial charge in [0.1, 0.15) is 0 Å². The lowest BCUT2D eigenvalue weighted by atomic mass is 10.0. The van der Waals surface area contributed by atoms with Crippen molar-refractivity contribution in [3.05, 3.63) is 47.5 Å². The molecular weight excluding hydrogens is 192 g/mol. The number of allylic oxidation sites excluding steroid dienone is 1. The molecule has 0 aliphatic carbocycles. The zero-order chi connectivity index (χ0) is 13.0. The van der Waals surface area contributed by atoms with Crippen LogP contribution in [0.2, 0.25) is 0 Å². The van der Waals surface area contributed by atoms with Crippen LogP contribution < -0.4 is 0 Å². The van der Waals surface area contributed by atoms with Crippen LogP contribution in [0, 0.1) is 0 Å². The van der Waals surface area contributed by atoms with E-state index in [1.165, 1.54) is 16.7 Å². The van der Waals surface area contributed by atoms with Crippen LogP contribution in [0.4, 0.5) is 0 Å². The van der Waals surface area contributed by atoms with Gasteiger partial charge < -0.3 is 0 Å². The maximum absolute atomic E-state index is 3.89. The molecule has 0 bridgehead atoms. The van der Waals surface area contributed by atoms with E-state index in [0.29, 0.717) is 0 Å². The zero-order valence-corrected chi connectivity index (χ0v) is 11.9. The fourth-order valence-corrected chi connectivity index (χ4v) is 1.24. The minimum absolute atomic E-state index is 1.00. The maximum atomic E-state index is 3.89. The molecule has 0 atom stereocenters. The molecule has 0 aliphatic heterocycles. The average molecular weight is 220 g/mol. The lowest BCUT2D eigenvalue weighted by Gasteiger charge is -2.01. The summed E-state index contributed by atoms with van der Waals surface area (Å²) < 4.78 is 0. The predicted octanol–water partition coefficient (Wildman–Crippen LogP) is 5.42. The summed E-state index contributed by atoms with van der Waals surface area (Å²) in [4.78, 5) is 0. The molecule has 0 radical (unpaired) electrons. The topological polar surface area (TPSA) is 0 Å². The second-order valence-electron chi connectivity index (χ2n) is 3.30. The van der Waals surface area contributed by atoms with E-state index in [1.807, 2.05) is 27.7 Å². The van der Waals surface area contributed by atoms with Crippen molar-refractivity contribution in [1.82, 2.24) is 0 Å². The molecule has 1 rings (SSSR count). The SMILES string of the molecule is C=C(C)Cc1ccc(CC)cc1.CC.CC. The summed E-state index contributed by atoms with van der Waals surface area (Å²) in [5, 5.41) is 0. The van der Waals surface area contributed by atoms with Crippen LogP contribution in [-0.2, 0) is 12.8 Å². The Kier molecular flexibility index (Phi) is 13.1. The van der Waals surface area contributed by atoms with Crippen molar-refractivity contribution >= 4 is 0 Å². The molecule has 0 heterocycles. The first-order valence-electron chi connectivity index (χ1n) is 6.44. The smallest absolute Gasteiger partial charge is 0.00726 e. The summed E-state index contributed by atoms with van der Waals surface area (Å²) in [5.74, 6) is 0. The number of hydrogen-bond acceptors (Lipinski definition) is 0. The Labute approximate surface area is 102 Å². The monoisotopic (exact) mass is 220 g/mol. The van der Waals surface area contributed by atoms with Gasteiger partial charge in [0.2, 0.25) is 0 Å². The van der Waals surface area contributed by atoms with Gasteiger partial charge in [0.15, 0.2) is 0 Å². The van der Waals surface area contributed by atoms with Gasteiger partial charge in [-0.05, 0) is 30.9 Å². The molecule has 1 aromatic rings. The van der Waals surface area contributed by atoms with E-state index in [1.54, 1.807) is 0 Å². The maximum Gasteiger partial charge on any atom is -0.00726 e. The van der Waals surface area contributed by atoms with Gasteiger partial charge in [0.05, 0.1) is 0 Å². The molecule has 0 N–H and O–H groups in total. The highest BCUT2D eigenvalue weighted by molar-refractivity contribution is 5.25. The summed E-state index contributed by atoms with van der Waals surface area (Å²) >= 11 is 0. The van der Waals surface area contributed by atoms with Crippen LogP contribution in [0.5, 0.6) is 0 Å². The van der Waals surface area contributed by atoms with Gasteiger partial charge in [-0.25, -0.2) is 0 Å². The third kappa shape index (κ3) is 8.28. The van der Waals surface area contributed by atoms with Gasteiger partial charge in [0.25, 0.3) is 0 Å². The van der Waals surface area contributed by atoms with E-state index >= 15 is 0 Å². The Hall–Kier alpha value is -1.04. The van der Waals surface area contributed by atoms with Gasteiger partial charge in [0, 0.05) is 0 Å². The highest BCUT2D eigenvalue weighted by atomic mass is 14.0. The van der Waals surface area contributed by atoms with Crippen LogP contribution in [0.25, 0.3) is 0 Å². The average Bonchev–Trinajstić information content (AvgIpc) is 2.34. The van der Waals surface area contributed by atoms with Crippen LogP contribution in [0.3, 0.4) is 0 Å². The Morgan fingerprint density at radius 1 is 0.938 bits per heavy atom. The van der Waals surface area contributed by atoms with Gasteiger partial charge >= 0.3 is 0 Å². The molecule has 0 fully saturated rings. The van der Waals surface area contributed by atoms with Gasteiger partial charge in [-0.1, -0.05) is 71.0 Å². The van der Waals surface area contributed by atoms with Crippen molar-refractivity contribution < 1.29 is 0 Å².